The molecule has 0 saturated carbocycles. The summed E-state index contributed by atoms with van der Waals surface area (Å²) in [6, 6.07) is 0. The Labute approximate surface area is 65.5 Å². The van der Waals surface area contributed by atoms with Crippen molar-refractivity contribution in [3.05, 3.63) is 12.7 Å². The van der Waals surface area contributed by atoms with Crippen LogP contribution in [-0.2, 0) is 0 Å². The molecule has 0 saturated heterocycles. The van der Waals surface area contributed by atoms with Gasteiger partial charge in [0.15, 0.2) is 0 Å². The van der Waals surface area contributed by atoms with Gasteiger partial charge >= 0.3 is 23.9 Å². The molecule has 0 atom stereocenters. The van der Waals surface area contributed by atoms with Gasteiger partial charge in [0.05, 0.1) is 11.7 Å². The van der Waals surface area contributed by atoms with Gasteiger partial charge in [-0.05, 0) is 12.2 Å². The van der Waals surface area contributed by atoms with Gasteiger partial charge in [-0.2, -0.15) is 0 Å². The molecule has 0 bridgehead atoms. The molecule has 0 aromatic heterocycles. The molecular formula is C4H7NSSn. The standard InChI is InChI=1S/C4H5NS.Sn.2H/c1-2-3-5-4-6;;;/h2H,1,3H2;;;. The molecule has 1 nitrogen and oxygen atoms in total. The molecule has 0 heterocycles. The monoisotopic (exact) mass is 221 g/mol. The summed E-state index contributed by atoms with van der Waals surface area (Å²) in [5.74, 6) is 0. The van der Waals surface area contributed by atoms with Crippen molar-refractivity contribution in [2.45, 2.75) is 0 Å². The van der Waals surface area contributed by atoms with Crippen molar-refractivity contribution in [1.82, 2.24) is 0 Å². The Hall–Kier alpha value is 0.339. The van der Waals surface area contributed by atoms with Crippen molar-refractivity contribution < 1.29 is 0 Å². The molecule has 0 N–H and O–H groups in total. The Balaban J connectivity index is 0. The number of hydrogen-bond acceptors (Lipinski definition) is 2. The first-order valence-electron chi connectivity index (χ1n) is 1.56. The summed E-state index contributed by atoms with van der Waals surface area (Å²) in [6.45, 7) is 4.00. The van der Waals surface area contributed by atoms with Gasteiger partial charge in [-0.25, -0.2) is 4.99 Å². The van der Waals surface area contributed by atoms with Crippen LogP contribution in [0.3, 0.4) is 0 Å². The van der Waals surface area contributed by atoms with Crippen LogP contribution in [0.2, 0.25) is 0 Å². The molecule has 0 spiro atoms. The van der Waals surface area contributed by atoms with Gasteiger partial charge in [0.25, 0.3) is 0 Å². The van der Waals surface area contributed by atoms with Gasteiger partial charge in [-0.3, -0.25) is 0 Å². The van der Waals surface area contributed by atoms with E-state index in [-0.39, 0.29) is 23.9 Å². The topological polar surface area (TPSA) is 12.4 Å². The summed E-state index contributed by atoms with van der Waals surface area (Å²) in [4.78, 5) is 3.54. The van der Waals surface area contributed by atoms with Gasteiger partial charge < -0.3 is 0 Å². The van der Waals surface area contributed by atoms with Crippen LogP contribution in [0, 0.1) is 0 Å². The van der Waals surface area contributed by atoms with Crippen molar-refractivity contribution in [3.8, 4) is 0 Å². The molecule has 0 unspecified atom stereocenters. The van der Waals surface area contributed by atoms with E-state index < -0.39 is 0 Å². The fourth-order valence-electron chi connectivity index (χ4n) is 0.102. The van der Waals surface area contributed by atoms with Crippen LogP contribution < -0.4 is 0 Å². The third-order valence-electron chi connectivity index (χ3n) is 0.285. The summed E-state index contributed by atoms with van der Waals surface area (Å²) in [5.41, 5.74) is 0. The van der Waals surface area contributed by atoms with E-state index in [1.165, 1.54) is 0 Å². The van der Waals surface area contributed by atoms with Crippen molar-refractivity contribution in [1.29, 1.82) is 0 Å². The fraction of sp³-hybridized carbons (Fsp3) is 0.250. The van der Waals surface area contributed by atoms with E-state index in [1.807, 2.05) is 0 Å². The quantitative estimate of drug-likeness (QED) is 0.283. The van der Waals surface area contributed by atoms with Crippen LogP contribution in [0.5, 0.6) is 0 Å². The Bertz CT molecular complexity index is 85.7. The van der Waals surface area contributed by atoms with Crippen LogP contribution in [0.4, 0.5) is 0 Å². The summed E-state index contributed by atoms with van der Waals surface area (Å²) >= 11 is 4.25. The van der Waals surface area contributed by atoms with Gasteiger partial charge in [-0.1, -0.05) is 6.08 Å². The molecule has 0 rings (SSSR count). The van der Waals surface area contributed by atoms with E-state index in [0.717, 1.165) is 0 Å². The molecule has 0 aliphatic rings. The molecule has 0 fully saturated rings. The van der Waals surface area contributed by atoms with E-state index in [9.17, 15) is 0 Å². The summed E-state index contributed by atoms with van der Waals surface area (Å²) in [5, 5.41) is 2.21. The predicted octanol–water partition coefficient (Wildman–Crippen LogP) is 0.359. The zero-order chi connectivity index (χ0) is 4.83. The first-order valence-corrected chi connectivity index (χ1v) is 1.97. The summed E-state index contributed by atoms with van der Waals surface area (Å²) in [7, 11) is 0. The molecule has 0 aromatic rings. The number of aliphatic imine (C=N–C) groups is 1. The van der Waals surface area contributed by atoms with Crippen molar-refractivity contribution >= 4 is 41.3 Å². The van der Waals surface area contributed by atoms with Crippen molar-refractivity contribution in [2.75, 3.05) is 6.54 Å². The van der Waals surface area contributed by atoms with Crippen LogP contribution in [0.25, 0.3) is 0 Å². The van der Waals surface area contributed by atoms with Crippen molar-refractivity contribution in [3.63, 3.8) is 0 Å². The minimum absolute atomic E-state index is 0. The SMILES string of the molecule is C=CCN=C=S.[SnH2]. The van der Waals surface area contributed by atoms with E-state index in [2.05, 4.69) is 29.0 Å². The number of isothiocyanates is 1. The normalized spacial score (nSPS) is 5.14. The maximum absolute atomic E-state index is 4.25. The molecular weight excluding hydrogens is 213 g/mol. The first-order chi connectivity index (χ1) is 2.91. The second kappa shape index (κ2) is 9.60. The number of rotatable bonds is 2. The Morgan fingerprint density at radius 1 is 1.86 bits per heavy atom. The Morgan fingerprint density at radius 2 is 2.43 bits per heavy atom. The second-order valence-corrected chi connectivity index (χ2v) is 0.903. The Kier molecular flexibility index (Phi) is 14.2. The number of nitrogens with zero attached hydrogens (tertiary/aromatic N) is 1. The fourth-order valence-corrected chi connectivity index (χ4v) is 0.176. The second-order valence-electron chi connectivity index (χ2n) is 0.721. The predicted molar refractivity (Wildman–Crippen MR) is 38.6 cm³/mol. The molecule has 3 heteroatoms. The summed E-state index contributed by atoms with van der Waals surface area (Å²) in [6.07, 6.45) is 1.67. The maximum atomic E-state index is 4.25. The van der Waals surface area contributed by atoms with Gasteiger partial charge in [0, 0.05) is 0 Å². The third-order valence-corrected chi connectivity index (χ3v) is 0.414. The molecule has 38 valence electrons. The zero-order valence-corrected chi connectivity index (χ0v) is 8.91. The zero-order valence-electron chi connectivity index (χ0n) is 4.05. The van der Waals surface area contributed by atoms with Gasteiger partial charge in [-0.15, -0.1) is 6.58 Å². The first kappa shape index (κ1) is 10.3. The summed E-state index contributed by atoms with van der Waals surface area (Å²) < 4.78 is 0. The molecule has 2 radical (unpaired) electrons. The average Bonchev–Trinajstić information content (AvgIpc) is 1.61. The molecule has 0 amide bonds. The third kappa shape index (κ3) is 10.7. The van der Waals surface area contributed by atoms with Crippen LogP contribution in [0.1, 0.15) is 0 Å². The molecule has 0 aromatic carbocycles. The van der Waals surface area contributed by atoms with Gasteiger partial charge in [0.1, 0.15) is 0 Å². The van der Waals surface area contributed by atoms with E-state index in [0.29, 0.717) is 6.54 Å². The Morgan fingerprint density at radius 3 is 2.57 bits per heavy atom. The van der Waals surface area contributed by atoms with Crippen LogP contribution in [-0.4, -0.2) is 35.6 Å². The van der Waals surface area contributed by atoms with E-state index in [1.54, 1.807) is 6.08 Å². The van der Waals surface area contributed by atoms with Crippen molar-refractivity contribution in [2.24, 2.45) is 4.99 Å². The molecule has 0 aliphatic heterocycles. The van der Waals surface area contributed by atoms with E-state index in [4.69, 9.17) is 0 Å². The van der Waals surface area contributed by atoms with Gasteiger partial charge in [0.2, 0.25) is 0 Å². The van der Waals surface area contributed by atoms with E-state index >= 15 is 0 Å². The average molecular weight is 220 g/mol. The van der Waals surface area contributed by atoms with Crippen LogP contribution >= 0.6 is 12.2 Å². The minimum atomic E-state index is 0. The van der Waals surface area contributed by atoms with Crippen LogP contribution in [0.15, 0.2) is 17.6 Å². The number of thiocarbonyl (C=S) groups is 1. The molecule has 0 aliphatic carbocycles. The number of hydrogen-bond donors (Lipinski definition) is 0. The molecule has 7 heavy (non-hydrogen) atoms.